The van der Waals surface area contributed by atoms with Gasteiger partial charge in [0.25, 0.3) is 0 Å². The van der Waals surface area contributed by atoms with Crippen LogP contribution in [-0.4, -0.2) is 14.7 Å². The van der Waals surface area contributed by atoms with E-state index in [1.54, 1.807) is 36.4 Å². The molecule has 0 spiro atoms. The average Bonchev–Trinajstić information content (AvgIpc) is 2.42. The maximum atomic E-state index is 11.4. The predicted molar refractivity (Wildman–Crippen MR) is 86.6 cm³/mol. The number of sulfone groups is 1. The maximum absolute atomic E-state index is 11.4. The number of nitrogens with one attached hydrogen (secondary N) is 1. The molecule has 0 saturated carbocycles. The molecule has 1 N–H and O–H groups in total. The van der Waals surface area contributed by atoms with Gasteiger partial charge in [-0.1, -0.05) is 35.3 Å². The molecule has 0 unspecified atom stereocenters. The summed E-state index contributed by atoms with van der Waals surface area (Å²) in [7, 11) is -3.15. The topological polar surface area (TPSA) is 46.2 Å². The van der Waals surface area contributed by atoms with Crippen LogP contribution in [0, 0.1) is 0 Å². The lowest BCUT2D eigenvalue weighted by Gasteiger charge is -2.08. The second-order valence-electron chi connectivity index (χ2n) is 4.76. The van der Waals surface area contributed by atoms with Crippen LogP contribution in [0.3, 0.4) is 0 Å². The quantitative estimate of drug-likeness (QED) is 0.900. The Labute approximate surface area is 134 Å². The van der Waals surface area contributed by atoms with Gasteiger partial charge in [0.2, 0.25) is 0 Å². The molecule has 3 nitrogen and oxygen atoms in total. The third kappa shape index (κ3) is 4.71. The van der Waals surface area contributed by atoms with Crippen molar-refractivity contribution in [2.45, 2.75) is 18.0 Å². The lowest BCUT2D eigenvalue weighted by atomic mass is 10.2. The van der Waals surface area contributed by atoms with Crippen LogP contribution >= 0.6 is 23.2 Å². The molecular formula is C15H15Cl2NO2S. The van der Waals surface area contributed by atoms with E-state index in [-0.39, 0.29) is 0 Å². The highest BCUT2D eigenvalue weighted by atomic mass is 35.5. The third-order valence-electron chi connectivity index (χ3n) is 3.00. The number of benzene rings is 2. The fraction of sp³-hybridized carbons (Fsp3) is 0.200. The van der Waals surface area contributed by atoms with Gasteiger partial charge in [-0.15, -0.1) is 0 Å². The van der Waals surface area contributed by atoms with Crippen LogP contribution in [-0.2, 0) is 22.9 Å². The Morgan fingerprint density at radius 2 is 1.67 bits per heavy atom. The zero-order valence-electron chi connectivity index (χ0n) is 11.4. The third-order valence-corrected chi connectivity index (χ3v) is 4.74. The van der Waals surface area contributed by atoms with Gasteiger partial charge in [-0.25, -0.2) is 8.42 Å². The summed E-state index contributed by atoms with van der Waals surface area (Å²) in [6, 6.07) is 12.1. The standard InChI is InChI=1S/C15H15Cl2NO2S/c1-21(19,20)14-5-2-11(3-6-14)9-18-10-12-8-13(16)4-7-15(12)17/h2-8,18H,9-10H2,1H3. The molecule has 0 aromatic heterocycles. The largest absolute Gasteiger partial charge is 0.309 e. The highest BCUT2D eigenvalue weighted by molar-refractivity contribution is 7.90. The molecule has 21 heavy (non-hydrogen) atoms. The Bertz CT molecular complexity index is 728. The van der Waals surface area contributed by atoms with Crippen molar-refractivity contribution in [1.29, 1.82) is 0 Å². The van der Waals surface area contributed by atoms with Crippen LogP contribution in [0.1, 0.15) is 11.1 Å². The van der Waals surface area contributed by atoms with Crippen molar-refractivity contribution in [2.24, 2.45) is 0 Å². The van der Waals surface area contributed by atoms with E-state index in [9.17, 15) is 8.42 Å². The Hall–Kier alpha value is -1.07. The summed E-state index contributed by atoms with van der Waals surface area (Å²) < 4.78 is 22.7. The fourth-order valence-electron chi connectivity index (χ4n) is 1.87. The lowest BCUT2D eigenvalue weighted by Crippen LogP contribution is -2.13. The maximum Gasteiger partial charge on any atom is 0.175 e. The molecule has 6 heteroatoms. The normalized spacial score (nSPS) is 11.6. The number of halogens is 2. The van der Waals surface area contributed by atoms with E-state index in [1.807, 2.05) is 6.07 Å². The molecule has 2 aromatic rings. The molecule has 0 aliphatic heterocycles. The van der Waals surface area contributed by atoms with E-state index in [0.29, 0.717) is 28.0 Å². The molecule has 2 aromatic carbocycles. The van der Waals surface area contributed by atoms with E-state index in [0.717, 1.165) is 11.1 Å². The minimum atomic E-state index is -3.15. The first-order valence-corrected chi connectivity index (χ1v) is 8.94. The van der Waals surface area contributed by atoms with Gasteiger partial charge in [0.05, 0.1) is 4.90 Å². The molecule has 0 aliphatic carbocycles. The van der Waals surface area contributed by atoms with E-state index < -0.39 is 9.84 Å². The van der Waals surface area contributed by atoms with Crippen molar-refractivity contribution < 1.29 is 8.42 Å². The van der Waals surface area contributed by atoms with E-state index >= 15 is 0 Å². The molecule has 0 fully saturated rings. The van der Waals surface area contributed by atoms with Crippen molar-refractivity contribution in [1.82, 2.24) is 5.32 Å². The van der Waals surface area contributed by atoms with Gasteiger partial charge in [0, 0.05) is 29.4 Å². The summed E-state index contributed by atoms with van der Waals surface area (Å²) in [4.78, 5) is 0.323. The molecule has 0 saturated heterocycles. The van der Waals surface area contributed by atoms with Gasteiger partial charge in [-0.2, -0.15) is 0 Å². The molecule has 0 amide bonds. The first-order chi connectivity index (χ1) is 9.86. The summed E-state index contributed by atoms with van der Waals surface area (Å²) in [5.74, 6) is 0. The predicted octanol–water partition coefficient (Wildman–Crippen LogP) is 3.69. The average molecular weight is 344 g/mol. The number of hydrogen-bond acceptors (Lipinski definition) is 3. The molecular weight excluding hydrogens is 329 g/mol. The summed E-state index contributed by atoms with van der Waals surface area (Å²) >= 11 is 12.0. The highest BCUT2D eigenvalue weighted by Crippen LogP contribution is 2.20. The second kappa shape index (κ2) is 6.79. The summed E-state index contributed by atoms with van der Waals surface area (Å²) in [6.07, 6.45) is 1.20. The lowest BCUT2D eigenvalue weighted by molar-refractivity contribution is 0.602. The van der Waals surface area contributed by atoms with Crippen molar-refractivity contribution in [3.05, 3.63) is 63.6 Å². The Kier molecular flexibility index (Phi) is 5.27. The van der Waals surface area contributed by atoms with Crippen LogP contribution in [0.25, 0.3) is 0 Å². The second-order valence-corrected chi connectivity index (χ2v) is 7.61. The monoisotopic (exact) mass is 343 g/mol. The van der Waals surface area contributed by atoms with Crippen molar-refractivity contribution >= 4 is 33.0 Å². The minimum Gasteiger partial charge on any atom is -0.309 e. The highest BCUT2D eigenvalue weighted by Gasteiger charge is 2.06. The van der Waals surface area contributed by atoms with Gasteiger partial charge in [-0.05, 0) is 41.5 Å². The van der Waals surface area contributed by atoms with Crippen molar-refractivity contribution in [3.63, 3.8) is 0 Å². The van der Waals surface area contributed by atoms with Crippen LogP contribution in [0.2, 0.25) is 10.0 Å². The zero-order valence-corrected chi connectivity index (χ0v) is 13.8. The van der Waals surface area contributed by atoms with Gasteiger partial charge < -0.3 is 5.32 Å². The molecule has 0 atom stereocenters. The zero-order chi connectivity index (χ0) is 15.5. The Morgan fingerprint density at radius 1 is 1.00 bits per heavy atom. The number of hydrogen-bond donors (Lipinski definition) is 1. The van der Waals surface area contributed by atoms with Crippen LogP contribution in [0.4, 0.5) is 0 Å². The fourth-order valence-corrected chi connectivity index (χ4v) is 2.88. The molecule has 0 aliphatic rings. The van der Waals surface area contributed by atoms with Crippen LogP contribution < -0.4 is 5.32 Å². The van der Waals surface area contributed by atoms with Crippen LogP contribution in [0.5, 0.6) is 0 Å². The van der Waals surface area contributed by atoms with Gasteiger partial charge in [-0.3, -0.25) is 0 Å². The molecule has 112 valence electrons. The summed E-state index contributed by atoms with van der Waals surface area (Å²) in [6.45, 7) is 1.21. The first kappa shape index (κ1) is 16.3. The smallest absolute Gasteiger partial charge is 0.175 e. The van der Waals surface area contributed by atoms with Crippen molar-refractivity contribution in [3.8, 4) is 0 Å². The SMILES string of the molecule is CS(=O)(=O)c1ccc(CNCc2cc(Cl)ccc2Cl)cc1. The first-order valence-electron chi connectivity index (χ1n) is 6.30. The van der Waals surface area contributed by atoms with Gasteiger partial charge in [0.1, 0.15) is 0 Å². The molecule has 0 heterocycles. The van der Waals surface area contributed by atoms with E-state index in [1.165, 1.54) is 6.26 Å². The molecule has 2 rings (SSSR count). The van der Waals surface area contributed by atoms with Crippen molar-refractivity contribution in [2.75, 3.05) is 6.26 Å². The van der Waals surface area contributed by atoms with Crippen LogP contribution in [0.15, 0.2) is 47.4 Å². The van der Waals surface area contributed by atoms with Gasteiger partial charge in [0.15, 0.2) is 9.84 Å². The molecule has 0 radical (unpaired) electrons. The Morgan fingerprint density at radius 3 is 2.29 bits per heavy atom. The van der Waals surface area contributed by atoms with E-state index in [2.05, 4.69) is 5.32 Å². The Balaban J connectivity index is 1.96. The summed E-state index contributed by atoms with van der Waals surface area (Å²) in [5, 5.41) is 4.56. The number of rotatable bonds is 5. The van der Waals surface area contributed by atoms with Gasteiger partial charge >= 0.3 is 0 Å². The minimum absolute atomic E-state index is 0.323. The molecule has 0 bridgehead atoms. The summed E-state index contributed by atoms with van der Waals surface area (Å²) in [5.41, 5.74) is 1.93. The van der Waals surface area contributed by atoms with E-state index in [4.69, 9.17) is 23.2 Å².